The first kappa shape index (κ1) is 27.9. The van der Waals surface area contributed by atoms with E-state index in [-0.39, 0.29) is 23.6 Å². The molecule has 1 aromatic heterocycles. The maximum absolute atomic E-state index is 13.3. The van der Waals surface area contributed by atoms with Crippen molar-refractivity contribution < 1.29 is 24.6 Å². The van der Waals surface area contributed by atoms with Gasteiger partial charge < -0.3 is 14.8 Å². The summed E-state index contributed by atoms with van der Waals surface area (Å²) in [6.07, 6.45) is 13.2. The van der Waals surface area contributed by atoms with E-state index in [1.54, 1.807) is 16.7 Å². The van der Waals surface area contributed by atoms with Gasteiger partial charge in [-0.05, 0) is 35.8 Å². The molecule has 0 saturated heterocycles. The van der Waals surface area contributed by atoms with E-state index < -0.39 is 11.9 Å². The molecule has 0 atom stereocenters. The normalized spacial score (nSPS) is 11.4. The summed E-state index contributed by atoms with van der Waals surface area (Å²) in [5.41, 5.74) is 2.50. The number of unbranched alkanes of at least 4 members (excludes halogenated alkanes) is 8. The smallest absolute Gasteiger partial charge is 0.353 e. The molecule has 3 aromatic rings. The van der Waals surface area contributed by atoms with Crippen molar-refractivity contribution in [2.75, 3.05) is 0 Å². The number of para-hydroxylation sites is 1. The van der Waals surface area contributed by atoms with Gasteiger partial charge in [0.2, 0.25) is 0 Å². The van der Waals surface area contributed by atoms with Crippen LogP contribution in [0.1, 0.15) is 103 Å². The summed E-state index contributed by atoms with van der Waals surface area (Å²) >= 11 is 0. The fraction of sp³-hybridized carbons (Fsp3) is 0.387. The third-order valence-electron chi connectivity index (χ3n) is 6.67. The largest absolute Gasteiger partial charge is 0.478 e. The van der Waals surface area contributed by atoms with Crippen molar-refractivity contribution in [1.29, 1.82) is 0 Å². The average Bonchev–Trinajstić information content (AvgIpc) is 3.21. The first-order valence-corrected chi connectivity index (χ1v) is 13.3. The Morgan fingerprint density at radius 2 is 1.51 bits per heavy atom. The molecule has 1 heterocycles. The standard InChI is InChI=1S/C31H37NO5/c1-2-3-4-5-6-7-8-9-10-18-27(33)29-25-16-11-12-17-26(25)32(30(29)31(36)37)22-24-15-13-14-23(21-24)19-20-28(34)35/h11-17,19-21H,2-10,18,22H2,1H3,(H,34,35)(H,36,37). The fourth-order valence-electron chi connectivity index (χ4n) is 4.84. The number of carboxylic acids is 2. The van der Waals surface area contributed by atoms with Crippen LogP contribution in [-0.4, -0.2) is 32.5 Å². The maximum Gasteiger partial charge on any atom is 0.353 e. The summed E-state index contributed by atoms with van der Waals surface area (Å²) in [5, 5.41) is 19.7. The Hall–Kier alpha value is -3.67. The highest BCUT2D eigenvalue weighted by molar-refractivity contribution is 6.15. The molecule has 0 unspecified atom stereocenters. The summed E-state index contributed by atoms with van der Waals surface area (Å²) in [6.45, 7) is 2.46. The minimum absolute atomic E-state index is 0.00797. The van der Waals surface area contributed by atoms with E-state index in [9.17, 15) is 19.5 Å². The lowest BCUT2D eigenvalue weighted by Gasteiger charge is -2.10. The maximum atomic E-state index is 13.3. The molecule has 0 spiro atoms. The molecule has 0 aliphatic rings. The van der Waals surface area contributed by atoms with Gasteiger partial charge in [0.15, 0.2) is 5.78 Å². The number of hydrogen-bond donors (Lipinski definition) is 2. The van der Waals surface area contributed by atoms with Gasteiger partial charge in [-0.1, -0.05) is 94.7 Å². The SMILES string of the molecule is CCCCCCCCCCCC(=O)c1c(C(=O)O)n(Cc2cccc(C=CC(=O)O)c2)c2ccccc12. The van der Waals surface area contributed by atoms with Gasteiger partial charge in [0, 0.05) is 29.9 Å². The van der Waals surface area contributed by atoms with Crippen LogP contribution in [0.3, 0.4) is 0 Å². The number of fused-ring (bicyclic) bond motifs is 1. The number of ketones is 1. The number of carbonyl (C=O) groups excluding carboxylic acids is 1. The van der Waals surface area contributed by atoms with Crippen LogP contribution in [0.25, 0.3) is 17.0 Å². The molecular weight excluding hydrogens is 466 g/mol. The van der Waals surface area contributed by atoms with E-state index >= 15 is 0 Å². The van der Waals surface area contributed by atoms with Crippen LogP contribution in [0, 0.1) is 0 Å². The zero-order valence-electron chi connectivity index (χ0n) is 21.6. The van der Waals surface area contributed by atoms with Gasteiger partial charge in [-0.15, -0.1) is 0 Å². The van der Waals surface area contributed by atoms with Crippen molar-refractivity contribution in [2.24, 2.45) is 0 Å². The van der Waals surface area contributed by atoms with Gasteiger partial charge >= 0.3 is 11.9 Å². The number of carboxylic acid groups (broad SMARTS) is 2. The Morgan fingerprint density at radius 1 is 0.838 bits per heavy atom. The zero-order chi connectivity index (χ0) is 26.6. The molecule has 6 nitrogen and oxygen atoms in total. The Morgan fingerprint density at radius 3 is 2.19 bits per heavy atom. The first-order chi connectivity index (χ1) is 17.9. The van der Waals surface area contributed by atoms with Gasteiger partial charge in [-0.2, -0.15) is 0 Å². The van der Waals surface area contributed by atoms with Gasteiger partial charge in [0.1, 0.15) is 5.69 Å². The van der Waals surface area contributed by atoms with Crippen molar-refractivity contribution in [1.82, 2.24) is 4.57 Å². The summed E-state index contributed by atoms with van der Waals surface area (Å²) in [4.78, 5) is 36.6. The number of aromatic carboxylic acids is 1. The number of rotatable bonds is 16. The predicted molar refractivity (Wildman–Crippen MR) is 147 cm³/mol. The van der Waals surface area contributed by atoms with Crippen LogP contribution < -0.4 is 0 Å². The monoisotopic (exact) mass is 503 g/mol. The molecule has 0 saturated carbocycles. The van der Waals surface area contributed by atoms with E-state index in [0.29, 0.717) is 22.9 Å². The summed E-state index contributed by atoms with van der Waals surface area (Å²) in [7, 11) is 0. The molecule has 6 heteroatoms. The number of carbonyl (C=O) groups is 3. The Balaban J connectivity index is 1.78. The number of Topliss-reactive ketones (excluding diaryl/α,β-unsaturated/α-hetero) is 1. The topological polar surface area (TPSA) is 96.6 Å². The van der Waals surface area contributed by atoms with E-state index in [1.165, 1.54) is 44.6 Å². The van der Waals surface area contributed by atoms with Crippen molar-refractivity contribution in [3.63, 3.8) is 0 Å². The van der Waals surface area contributed by atoms with Crippen molar-refractivity contribution in [2.45, 2.75) is 77.7 Å². The van der Waals surface area contributed by atoms with E-state index in [1.807, 2.05) is 36.4 Å². The van der Waals surface area contributed by atoms with Crippen LogP contribution in [0.5, 0.6) is 0 Å². The highest BCUT2D eigenvalue weighted by atomic mass is 16.4. The Kier molecular flexibility index (Phi) is 10.7. The van der Waals surface area contributed by atoms with Gasteiger partial charge in [-0.3, -0.25) is 4.79 Å². The van der Waals surface area contributed by atoms with Crippen molar-refractivity contribution in [3.8, 4) is 0 Å². The Bertz CT molecular complexity index is 1250. The minimum atomic E-state index is -1.13. The summed E-state index contributed by atoms with van der Waals surface area (Å²) in [5.74, 6) is -2.30. The highest BCUT2D eigenvalue weighted by Crippen LogP contribution is 2.29. The molecule has 3 rings (SSSR count). The van der Waals surface area contributed by atoms with Crippen LogP contribution in [0.4, 0.5) is 0 Å². The van der Waals surface area contributed by atoms with Gasteiger partial charge in [0.05, 0.1) is 5.56 Å². The number of nitrogens with zero attached hydrogens (tertiary/aromatic N) is 1. The average molecular weight is 504 g/mol. The third kappa shape index (κ3) is 7.91. The molecule has 0 radical (unpaired) electrons. The van der Waals surface area contributed by atoms with Crippen LogP contribution in [0.2, 0.25) is 0 Å². The van der Waals surface area contributed by atoms with Gasteiger partial charge in [0.25, 0.3) is 0 Å². The third-order valence-corrected chi connectivity index (χ3v) is 6.67. The summed E-state index contributed by atoms with van der Waals surface area (Å²) in [6, 6.07) is 14.6. The second-order valence-corrected chi connectivity index (χ2v) is 9.55. The quantitative estimate of drug-likeness (QED) is 0.119. The molecule has 0 aliphatic heterocycles. The van der Waals surface area contributed by atoms with Crippen LogP contribution in [0.15, 0.2) is 54.6 Å². The highest BCUT2D eigenvalue weighted by Gasteiger charge is 2.26. The minimum Gasteiger partial charge on any atom is -0.478 e. The number of aromatic nitrogens is 1. The van der Waals surface area contributed by atoms with Crippen molar-refractivity contribution in [3.05, 3.63) is 77.0 Å². The Labute approximate surface area is 218 Å². The number of aliphatic carboxylic acids is 1. The van der Waals surface area contributed by atoms with E-state index in [2.05, 4.69) is 6.92 Å². The molecule has 2 aromatic carbocycles. The summed E-state index contributed by atoms with van der Waals surface area (Å²) < 4.78 is 1.68. The number of hydrogen-bond acceptors (Lipinski definition) is 3. The molecule has 0 bridgehead atoms. The van der Waals surface area contributed by atoms with E-state index in [0.717, 1.165) is 30.9 Å². The molecule has 0 aliphatic carbocycles. The lowest BCUT2D eigenvalue weighted by atomic mass is 10.00. The molecular formula is C31H37NO5. The molecule has 2 N–H and O–H groups in total. The molecule has 37 heavy (non-hydrogen) atoms. The van der Waals surface area contributed by atoms with Gasteiger partial charge in [-0.25, -0.2) is 9.59 Å². The van der Waals surface area contributed by atoms with Crippen molar-refractivity contribution >= 4 is 34.7 Å². The first-order valence-electron chi connectivity index (χ1n) is 13.3. The van der Waals surface area contributed by atoms with E-state index in [4.69, 9.17) is 5.11 Å². The predicted octanol–water partition coefficient (Wildman–Crippen LogP) is 7.59. The molecule has 0 fully saturated rings. The van der Waals surface area contributed by atoms with Crippen LogP contribution in [-0.2, 0) is 11.3 Å². The zero-order valence-corrected chi connectivity index (χ0v) is 21.6. The second kappa shape index (κ2) is 14.2. The lowest BCUT2D eigenvalue weighted by molar-refractivity contribution is -0.131. The second-order valence-electron chi connectivity index (χ2n) is 9.55. The van der Waals surface area contributed by atoms with Crippen LogP contribution >= 0.6 is 0 Å². The molecule has 0 amide bonds. The molecule has 196 valence electrons. The fourth-order valence-corrected chi connectivity index (χ4v) is 4.84. The number of benzene rings is 2. The lowest BCUT2D eigenvalue weighted by Crippen LogP contribution is -2.14.